The number of aromatic nitrogens is 2. The van der Waals surface area contributed by atoms with Gasteiger partial charge in [0.1, 0.15) is 31.3 Å². The Kier molecular flexibility index (Phi) is 17.4. The lowest BCUT2D eigenvalue weighted by atomic mass is 9.85. The number of esters is 1. The van der Waals surface area contributed by atoms with Gasteiger partial charge in [0.25, 0.3) is 17.4 Å². The van der Waals surface area contributed by atoms with E-state index in [9.17, 15) is 58.2 Å². The standard InChI is InChI=1S/C54H60N8O17/c1-5-54(36-21-40-47-34(24-62(40)51(72)35(36)26-75-52(54)73)33(23-55-16-6-18-63)32-20-41-42(78-27-77-41)22-38(32)59-47)79-53(74)76-25-30-7-9-31(10-8-30)57-49(70)37(11-14-46(67)68)60-48(69)29(4)56-50(71)39(19-28(2)3)58-43(64)15-17-61-44(65)12-13-45(61)66/h7-10,12-13,20-22,28-29,37,39,55,63H,5-6,11,14-19,23-27H2,1-4H3,(H,56,71)(H,57,70)(H,58,64)(H,60,69)(H,67,68)/t29-,37-,39+,54-/m0/s1. The number of aliphatic carboxylic acids is 1. The van der Waals surface area contributed by atoms with E-state index in [0.29, 0.717) is 53.5 Å². The van der Waals surface area contributed by atoms with Gasteiger partial charge in [0, 0.05) is 73.0 Å². The third kappa shape index (κ3) is 12.5. The van der Waals surface area contributed by atoms with Crippen molar-refractivity contribution in [2.24, 2.45) is 5.92 Å². The Balaban J connectivity index is 0.902. The highest BCUT2D eigenvalue weighted by atomic mass is 16.7. The van der Waals surface area contributed by atoms with Crippen molar-refractivity contribution in [2.75, 3.05) is 31.8 Å². The Morgan fingerprint density at radius 2 is 1.57 bits per heavy atom. The van der Waals surface area contributed by atoms with Crippen LogP contribution in [0.3, 0.4) is 0 Å². The quantitative estimate of drug-likeness (QED) is 0.0265. The van der Waals surface area contributed by atoms with Crippen LogP contribution in [0, 0.1) is 5.92 Å². The number of rotatable bonds is 24. The largest absolute Gasteiger partial charge is 0.510 e. The number of fused-ring (bicyclic) bond motifs is 6. The van der Waals surface area contributed by atoms with Crippen LogP contribution >= 0.6 is 0 Å². The third-order valence-corrected chi connectivity index (χ3v) is 13.8. The van der Waals surface area contributed by atoms with Crippen molar-refractivity contribution < 1.29 is 77.0 Å². The molecule has 0 fully saturated rings. The zero-order valence-corrected chi connectivity index (χ0v) is 43.8. The fourth-order valence-corrected chi connectivity index (χ4v) is 9.60. The van der Waals surface area contributed by atoms with Gasteiger partial charge in [-0.1, -0.05) is 32.9 Å². The molecule has 25 heteroatoms. The Labute approximate surface area is 451 Å². The number of benzene rings is 2. The van der Waals surface area contributed by atoms with Crippen LogP contribution in [0.5, 0.6) is 11.5 Å². The molecule has 6 heterocycles. The molecule has 4 aliphatic rings. The first-order chi connectivity index (χ1) is 37.8. The Morgan fingerprint density at radius 3 is 2.25 bits per heavy atom. The second-order valence-corrected chi connectivity index (χ2v) is 19.7. The Morgan fingerprint density at radius 1 is 0.848 bits per heavy atom. The maximum absolute atomic E-state index is 14.4. The third-order valence-electron chi connectivity index (χ3n) is 13.8. The van der Waals surface area contributed by atoms with Crippen LogP contribution in [0.4, 0.5) is 10.5 Å². The van der Waals surface area contributed by atoms with E-state index in [1.54, 1.807) is 19.1 Å². The van der Waals surface area contributed by atoms with Crippen molar-refractivity contribution in [3.63, 3.8) is 0 Å². The fraction of sp³-hybridized carbons (Fsp3) is 0.426. The molecule has 418 valence electrons. The number of carboxylic acids is 1. The molecule has 0 bridgehead atoms. The summed E-state index contributed by atoms with van der Waals surface area (Å²) in [6.07, 6.45) is 0.349. The zero-order chi connectivity index (χ0) is 56.7. The average Bonchev–Trinajstić information content (AvgIpc) is 4.35. The number of imide groups is 1. The molecule has 7 N–H and O–H groups in total. The molecule has 4 aliphatic heterocycles. The number of amides is 6. The first kappa shape index (κ1) is 56.5. The summed E-state index contributed by atoms with van der Waals surface area (Å²) in [5, 5.41) is 33.2. The molecule has 0 radical (unpaired) electrons. The first-order valence-corrected chi connectivity index (χ1v) is 25.7. The Bertz CT molecular complexity index is 3190. The van der Waals surface area contributed by atoms with Crippen molar-refractivity contribution in [1.82, 2.24) is 35.7 Å². The van der Waals surface area contributed by atoms with E-state index in [1.165, 1.54) is 35.8 Å². The summed E-state index contributed by atoms with van der Waals surface area (Å²) >= 11 is 0. The highest BCUT2D eigenvalue weighted by Crippen LogP contribution is 2.44. The summed E-state index contributed by atoms with van der Waals surface area (Å²) < 4.78 is 29.7. The average molecular weight is 1090 g/mol. The van der Waals surface area contributed by atoms with Gasteiger partial charge in [0.05, 0.1) is 29.0 Å². The lowest BCUT2D eigenvalue weighted by Crippen LogP contribution is -2.55. The molecule has 0 spiro atoms. The van der Waals surface area contributed by atoms with E-state index in [1.807, 2.05) is 19.9 Å². The second-order valence-electron chi connectivity index (χ2n) is 19.7. The molecule has 79 heavy (non-hydrogen) atoms. The Hall–Kier alpha value is -8.71. The first-order valence-electron chi connectivity index (χ1n) is 25.7. The summed E-state index contributed by atoms with van der Waals surface area (Å²) in [6.45, 7) is 6.69. The summed E-state index contributed by atoms with van der Waals surface area (Å²) in [4.78, 5) is 136. The number of carbonyl (C=O) groups is 9. The number of hydrogen-bond donors (Lipinski definition) is 7. The summed E-state index contributed by atoms with van der Waals surface area (Å²) in [5.74, 6) is -5.28. The number of pyridine rings is 2. The molecular formula is C54H60N8O17. The maximum Gasteiger partial charge on any atom is 0.510 e. The molecule has 0 saturated carbocycles. The van der Waals surface area contributed by atoms with Crippen LogP contribution < -0.4 is 41.6 Å². The van der Waals surface area contributed by atoms with Crippen LogP contribution in [0.15, 0.2) is 59.4 Å². The van der Waals surface area contributed by atoms with Crippen LogP contribution in [0.25, 0.3) is 22.3 Å². The minimum absolute atomic E-state index is 0.00285. The van der Waals surface area contributed by atoms with E-state index in [4.69, 9.17) is 28.7 Å². The van der Waals surface area contributed by atoms with Crippen LogP contribution in [-0.4, -0.2) is 123 Å². The predicted molar refractivity (Wildman–Crippen MR) is 276 cm³/mol. The summed E-state index contributed by atoms with van der Waals surface area (Å²) in [6, 6.07) is 7.39. The van der Waals surface area contributed by atoms with E-state index in [-0.39, 0.29) is 88.1 Å². The number of anilines is 1. The molecule has 0 aliphatic carbocycles. The maximum atomic E-state index is 14.4. The lowest BCUT2D eigenvalue weighted by Gasteiger charge is -2.35. The van der Waals surface area contributed by atoms with Gasteiger partial charge in [-0.3, -0.25) is 43.3 Å². The highest BCUT2D eigenvalue weighted by Gasteiger charge is 2.51. The zero-order valence-electron chi connectivity index (χ0n) is 43.8. The van der Waals surface area contributed by atoms with Crippen LogP contribution in [0.2, 0.25) is 0 Å². The molecule has 4 aromatic rings. The SMILES string of the molecule is CC[C@@]1(OC(=O)OCc2ccc(NC(=O)[C@H](CCC(=O)O)NC(=O)[C@H](C)NC(=O)[C@@H](CC(C)C)NC(=O)CCN3C(=O)C=CC3=O)cc2)C(=O)OCc2c1cc1n(c2=O)Cc2c-1nc1cc3c(cc1c2CNCCCO)OCO3. The number of carbonyl (C=O) groups excluding carboxylic acids is 8. The van der Waals surface area contributed by atoms with Crippen molar-refractivity contribution >= 4 is 70.1 Å². The van der Waals surface area contributed by atoms with Crippen molar-refractivity contribution in [1.29, 1.82) is 0 Å². The van der Waals surface area contributed by atoms with E-state index >= 15 is 0 Å². The molecule has 0 saturated heterocycles. The number of cyclic esters (lactones) is 1. The monoisotopic (exact) mass is 1090 g/mol. The van der Waals surface area contributed by atoms with E-state index in [0.717, 1.165) is 33.6 Å². The minimum atomic E-state index is -2.09. The van der Waals surface area contributed by atoms with Gasteiger partial charge in [-0.2, -0.15) is 0 Å². The predicted octanol–water partition coefficient (Wildman–Crippen LogP) is 2.28. The van der Waals surface area contributed by atoms with Crippen molar-refractivity contribution in [3.05, 3.63) is 92.8 Å². The number of aliphatic hydroxyl groups excluding tert-OH is 1. The van der Waals surface area contributed by atoms with Gasteiger partial charge in [-0.15, -0.1) is 0 Å². The number of nitrogens with one attached hydrogen (secondary N) is 5. The van der Waals surface area contributed by atoms with Crippen LogP contribution in [0.1, 0.15) is 94.0 Å². The van der Waals surface area contributed by atoms with Gasteiger partial charge in [0.2, 0.25) is 36.0 Å². The van der Waals surface area contributed by atoms with Crippen molar-refractivity contribution in [3.8, 4) is 22.9 Å². The number of ether oxygens (including phenoxy) is 5. The lowest BCUT2D eigenvalue weighted by molar-refractivity contribution is -0.175. The number of aliphatic hydroxyl groups is 1. The van der Waals surface area contributed by atoms with Crippen molar-refractivity contribution in [2.45, 2.75) is 116 Å². The highest BCUT2D eigenvalue weighted by molar-refractivity contribution is 6.13. The number of carboxylic acid groups (broad SMARTS) is 1. The second kappa shape index (κ2) is 24.3. The molecule has 8 rings (SSSR count). The summed E-state index contributed by atoms with van der Waals surface area (Å²) in [5.41, 5.74) is 1.34. The van der Waals surface area contributed by atoms with E-state index in [2.05, 4.69) is 26.6 Å². The smallest absolute Gasteiger partial charge is 0.481 e. The molecule has 0 unspecified atom stereocenters. The molecule has 25 nitrogen and oxygen atoms in total. The molecule has 2 aromatic carbocycles. The number of hydrogen-bond acceptors (Lipinski definition) is 18. The van der Waals surface area contributed by atoms with Crippen LogP contribution in [-0.2, 0) is 84.5 Å². The normalized spacial score (nSPS) is 16.8. The molecule has 6 amide bonds. The van der Waals surface area contributed by atoms with Gasteiger partial charge in [-0.05, 0) is 80.5 Å². The van der Waals surface area contributed by atoms with Gasteiger partial charge in [0.15, 0.2) is 11.5 Å². The molecule has 2 aromatic heterocycles. The fourth-order valence-electron chi connectivity index (χ4n) is 9.60. The van der Waals surface area contributed by atoms with Gasteiger partial charge >= 0.3 is 18.1 Å². The summed E-state index contributed by atoms with van der Waals surface area (Å²) in [7, 11) is 0. The minimum Gasteiger partial charge on any atom is -0.481 e. The topological polar surface area (TPSA) is 339 Å². The number of nitrogens with zero attached hydrogens (tertiary/aromatic N) is 3. The van der Waals surface area contributed by atoms with Gasteiger partial charge < -0.3 is 65.0 Å². The molecular weight excluding hydrogens is 1030 g/mol. The van der Waals surface area contributed by atoms with E-state index < -0.39 is 89.2 Å². The van der Waals surface area contributed by atoms with Gasteiger partial charge in [-0.25, -0.2) is 14.6 Å². The molecule has 4 atom stereocenters.